The molecule has 0 unspecified atom stereocenters. The van der Waals surface area contributed by atoms with Crippen molar-refractivity contribution in [2.24, 2.45) is 0 Å². The van der Waals surface area contributed by atoms with Crippen LogP contribution in [-0.2, 0) is 0 Å². The van der Waals surface area contributed by atoms with Crippen LogP contribution in [0.25, 0.3) is 32.8 Å². The van der Waals surface area contributed by atoms with E-state index in [4.69, 9.17) is 0 Å². The SMILES string of the molecule is O=C1n2c(ccc2-c2c3ccccc3cc3ccccc23)C=[N+]1c1ccccc1. The first kappa shape index (κ1) is 16.0. The third kappa shape index (κ3) is 2.31. The van der Waals surface area contributed by atoms with Gasteiger partial charge in [0.2, 0.25) is 0 Å². The van der Waals surface area contributed by atoms with Crippen molar-refractivity contribution in [3.63, 3.8) is 0 Å². The molecule has 5 aromatic rings. The van der Waals surface area contributed by atoms with E-state index in [-0.39, 0.29) is 6.03 Å². The monoisotopic (exact) mass is 373 g/mol. The number of amides is 1. The van der Waals surface area contributed by atoms with Gasteiger partial charge in [-0.05, 0) is 51.9 Å². The fraction of sp³-hybridized carbons (Fsp3) is 0. The van der Waals surface area contributed by atoms with Gasteiger partial charge in [0.25, 0.3) is 0 Å². The van der Waals surface area contributed by atoms with Crippen molar-refractivity contribution in [3.8, 4) is 11.3 Å². The van der Waals surface area contributed by atoms with Gasteiger partial charge in [-0.3, -0.25) is 0 Å². The Hall–Kier alpha value is -3.98. The highest BCUT2D eigenvalue weighted by Gasteiger charge is 2.35. The molecular formula is C26H17N2O+. The Morgan fingerprint density at radius 2 is 1.28 bits per heavy atom. The van der Waals surface area contributed by atoms with E-state index < -0.39 is 0 Å². The summed E-state index contributed by atoms with van der Waals surface area (Å²) in [4.78, 5) is 13.4. The van der Waals surface area contributed by atoms with E-state index in [2.05, 4.69) is 60.7 Å². The second-order valence-electron chi connectivity index (χ2n) is 7.29. The molecule has 1 aliphatic rings. The van der Waals surface area contributed by atoms with E-state index in [1.54, 1.807) is 4.58 Å². The quantitative estimate of drug-likeness (QED) is 0.267. The number of carbonyl (C=O) groups excluding carboxylic acids is 1. The molecule has 1 amide bonds. The number of rotatable bonds is 2. The zero-order valence-electron chi connectivity index (χ0n) is 15.6. The van der Waals surface area contributed by atoms with E-state index in [1.807, 2.05) is 47.2 Å². The molecule has 0 aliphatic carbocycles. The molecule has 1 aromatic heterocycles. The Kier molecular flexibility index (Phi) is 3.32. The first-order chi connectivity index (χ1) is 14.3. The predicted molar refractivity (Wildman–Crippen MR) is 117 cm³/mol. The Labute approximate surface area is 167 Å². The zero-order chi connectivity index (χ0) is 19.4. The van der Waals surface area contributed by atoms with Gasteiger partial charge in [0.15, 0.2) is 5.69 Å². The van der Waals surface area contributed by atoms with Crippen LogP contribution in [0.5, 0.6) is 0 Å². The maximum absolute atomic E-state index is 13.4. The Balaban J connectivity index is 1.63. The molecule has 0 saturated carbocycles. The summed E-state index contributed by atoms with van der Waals surface area (Å²) < 4.78 is 3.54. The summed E-state index contributed by atoms with van der Waals surface area (Å²) in [6, 6.07) is 32.7. The molecule has 0 N–H and O–H groups in total. The second kappa shape index (κ2) is 6.01. The number of fused-ring (bicyclic) bond motifs is 3. The van der Waals surface area contributed by atoms with Crippen molar-refractivity contribution in [2.75, 3.05) is 0 Å². The Bertz CT molecular complexity index is 1400. The van der Waals surface area contributed by atoms with Gasteiger partial charge >= 0.3 is 6.03 Å². The highest BCUT2D eigenvalue weighted by atomic mass is 16.2. The molecule has 1 aliphatic heterocycles. The number of benzene rings is 4. The maximum atomic E-state index is 13.4. The van der Waals surface area contributed by atoms with E-state index in [0.29, 0.717) is 0 Å². The lowest BCUT2D eigenvalue weighted by Gasteiger charge is -2.10. The molecular weight excluding hydrogens is 356 g/mol. The van der Waals surface area contributed by atoms with Crippen LogP contribution in [0.2, 0.25) is 0 Å². The molecule has 0 spiro atoms. The van der Waals surface area contributed by atoms with Gasteiger partial charge in [-0.25, -0.2) is 0 Å². The lowest BCUT2D eigenvalue weighted by atomic mass is 9.95. The fourth-order valence-electron chi connectivity index (χ4n) is 4.32. The molecule has 0 atom stereocenters. The molecule has 3 heteroatoms. The topological polar surface area (TPSA) is 25.0 Å². The molecule has 6 rings (SSSR count). The summed E-state index contributed by atoms with van der Waals surface area (Å²) in [6.45, 7) is 0. The minimum atomic E-state index is -0.0526. The van der Waals surface area contributed by atoms with Gasteiger partial charge in [0.1, 0.15) is 17.6 Å². The van der Waals surface area contributed by atoms with Crippen LogP contribution in [-0.4, -0.2) is 21.4 Å². The van der Waals surface area contributed by atoms with Crippen molar-refractivity contribution in [3.05, 3.63) is 103 Å². The van der Waals surface area contributed by atoms with E-state index >= 15 is 0 Å². The van der Waals surface area contributed by atoms with Crippen LogP contribution < -0.4 is 0 Å². The summed E-state index contributed by atoms with van der Waals surface area (Å²) in [6.07, 6.45) is 1.91. The molecule has 0 fully saturated rings. The highest BCUT2D eigenvalue weighted by Crippen LogP contribution is 2.38. The first-order valence-corrected chi connectivity index (χ1v) is 9.67. The number of hydrogen-bond acceptors (Lipinski definition) is 1. The van der Waals surface area contributed by atoms with Crippen LogP contribution in [0, 0.1) is 0 Å². The van der Waals surface area contributed by atoms with Crippen molar-refractivity contribution in [2.45, 2.75) is 0 Å². The molecule has 0 saturated heterocycles. The first-order valence-electron chi connectivity index (χ1n) is 9.67. The minimum absolute atomic E-state index is 0.0526. The van der Waals surface area contributed by atoms with Crippen LogP contribution >= 0.6 is 0 Å². The van der Waals surface area contributed by atoms with E-state index in [9.17, 15) is 4.79 Å². The highest BCUT2D eigenvalue weighted by molar-refractivity contribution is 6.13. The lowest BCUT2D eigenvalue weighted by molar-refractivity contribution is -0.321. The maximum Gasteiger partial charge on any atom is 0.509 e. The minimum Gasteiger partial charge on any atom is -0.196 e. The Morgan fingerprint density at radius 3 is 1.97 bits per heavy atom. The summed E-state index contributed by atoms with van der Waals surface area (Å²) in [7, 11) is 0. The van der Waals surface area contributed by atoms with Gasteiger partial charge in [0, 0.05) is 5.56 Å². The van der Waals surface area contributed by atoms with E-state index in [1.165, 1.54) is 10.8 Å². The van der Waals surface area contributed by atoms with Gasteiger partial charge in [-0.1, -0.05) is 66.7 Å². The van der Waals surface area contributed by atoms with Gasteiger partial charge in [-0.2, -0.15) is 13.9 Å². The van der Waals surface area contributed by atoms with Crippen LogP contribution in [0.3, 0.4) is 0 Å². The summed E-state index contributed by atoms with van der Waals surface area (Å²) >= 11 is 0. The largest absolute Gasteiger partial charge is 0.509 e. The lowest BCUT2D eigenvalue weighted by Crippen LogP contribution is -2.17. The molecule has 136 valence electrons. The van der Waals surface area contributed by atoms with Crippen LogP contribution in [0.1, 0.15) is 5.69 Å². The average Bonchev–Trinajstić information content (AvgIpc) is 3.33. The summed E-state index contributed by atoms with van der Waals surface area (Å²) in [5.41, 5.74) is 3.79. The predicted octanol–water partition coefficient (Wildman–Crippen LogP) is 6.21. The normalized spacial score (nSPS) is 13.1. The number of nitrogens with zero attached hydrogens (tertiary/aromatic N) is 2. The zero-order valence-corrected chi connectivity index (χ0v) is 15.6. The summed E-state index contributed by atoms with van der Waals surface area (Å²) in [5, 5.41) is 4.65. The van der Waals surface area contributed by atoms with Crippen molar-refractivity contribution in [1.29, 1.82) is 0 Å². The summed E-state index contributed by atoms with van der Waals surface area (Å²) in [5.74, 6) is 0. The van der Waals surface area contributed by atoms with Crippen molar-refractivity contribution < 1.29 is 9.37 Å². The standard InChI is InChI=1S/C26H17N2O/c29-26-27(20-10-2-1-3-11-20)17-21-14-15-24(28(21)26)25-22-12-6-4-8-18(22)16-19-9-5-7-13-23(19)25/h1-17H/q+1. The number of hydrogen-bond donors (Lipinski definition) is 0. The third-order valence-electron chi connectivity index (χ3n) is 5.63. The van der Waals surface area contributed by atoms with Gasteiger partial charge < -0.3 is 0 Å². The van der Waals surface area contributed by atoms with Crippen molar-refractivity contribution in [1.82, 2.24) is 4.57 Å². The van der Waals surface area contributed by atoms with Gasteiger partial charge in [0.05, 0.1) is 0 Å². The fourth-order valence-corrected chi connectivity index (χ4v) is 4.32. The van der Waals surface area contributed by atoms with E-state index in [0.717, 1.165) is 33.4 Å². The molecule has 3 nitrogen and oxygen atoms in total. The number of para-hydroxylation sites is 1. The number of carbonyl (C=O) groups is 1. The van der Waals surface area contributed by atoms with Gasteiger partial charge in [-0.15, -0.1) is 0 Å². The Morgan fingerprint density at radius 1 is 0.655 bits per heavy atom. The van der Waals surface area contributed by atoms with Crippen LogP contribution in [0.4, 0.5) is 10.5 Å². The molecule has 0 bridgehead atoms. The van der Waals surface area contributed by atoms with Crippen molar-refractivity contribution >= 4 is 39.5 Å². The smallest absolute Gasteiger partial charge is 0.196 e. The third-order valence-corrected chi connectivity index (χ3v) is 5.63. The van der Waals surface area contributed by atoms with Crippen LogP contribution in [0.15, 0.2) is 97.1 Å². The molecule has 0 radical (unpaired) electrons. The average molecular weight is 373 g/mol. The second-order valence-corrected chi connectivity index (χ2v) is 7.29. The number of aromatic nitrogens is 1. The molecule has 29 heavy (non-hydrogen) atoms. The molecule has 2 heterocycles. The molecule has 4 aromatic carbocycles.